The molecule has 1 saturated heterocycles. The van der Waals surface area contributed by atoms with Crippen molar-refractivity contribution in [2.24, 2.45) is 11.1 Å². The number of amides is 1. The molecule has 0 atom stereocenters. The molecular weight excluding hydrogens is 310 g/mol. The molecule has 0 unspecified atom stereocenters. The van der Waals surface area contributed by atoms with Gasteiger partial charge in [-0.25, -0.2) is 4.98 Å². The van der Waals surface area contributed by atoms with Gasteiger partial charge >= 0.3 is 0 Å². The minimum Gasteiger partial charge on any atom is -0.381 e. The average molecular weight is 328 g/mol. The van der Waals surface area contributed by atoms with E-state index < -0.39 is 5.41 Å². The maximum Gasteiger partial charge on any atom is 0.233 e. The molecule has 104 valence electrons. The standard InChI is InChI=1S/C13H18BrN3O2/c1-9-10(14)2-3-11(16-9)17-12(18)13(8-15)4-6-19-7-5-13/h2-3H,4-8,15H2,1H3,(H,16,17,18). The molecule has 1 aliphatic rings. The number of carbonyl (C=O) groups excluding carboxylic acids is 1. The molecule has 0 aliphatic carbocycles. The van der Waals surface area contributed by atoms with Crippen molar-refractivity contribution >= 4 is 27.7 Å². The number of hydrogen-bond acceptors (Lipinski definition) is 4. The van der Waals surface area contributed by atoms with E-state index in [4.69, 9.17) is 10.5 Å². The summed E-state index contributed by atoms with van der Waals surface area (Å²) in [5.41, 5.74) is 6.12. The van der Waals surface area contributed by atoms with Crippen LogP contribution in [0, 0.1) is 12.3 Å². The van der Waals surface area contributed by atoms with Crippen molar-refractivity contribution in [1.29, 1.82) is 0 Å². The third kappa shape index (κ3) is 3.13. The summed E-state index contributed by atoms with van der Waals surface area (Å²) in [5.74, 6) is 0.498. The van der Waals surface area contributed by atoms with Crippen molar-refractivity contribution in [2.75, 3.05) is 25.1 Å². The van der Waals surface area contributed by atoms with Gasteiger partial charge in [-0.3, -0.25) is 4.79 Å². The number of anilines is 1. The minimum absolute atomic E-state index is 0.0625. The van der Waals surface area contributed by atoms with Crippen LogP contribution in [0.4, 0.5) is 5.82 Å². The van der Waals surface area contributed by atoms with Crippen molar-refractivity contribution in [1.82, 2.24) is 4.98 Å². The lowest BCUT2D eigenvalue weighted by Gasteiger charge is -2.34. The fourth-order valence-corrected chi connectivity index (χ4v) is 2.37. The first kappa shape index (κ1) is 14.4. The van der Waals surface area contributed by atoms with Gasteiger partial charge in [0.15, 0.2) is 0 Å². The Balaban J connectivity index is 2.12. The average Bonchev–Trinajstić information content (AvgIpc) is 2.43. The highest BCUT2D eigenvalue weighted by Gasteiger charge is 2.38. The Morgan fingerprint density at radius 1 is 1.53 bits per heavy atom. The minimum atomic E-state index is -0.527. The largest absolute Gasteiger partial charge is 0.381 e. The van der Waals surface area contributed by atoms with Crippen molar-refractivity contribution in [3.05, 3.63) is 22.3 Å². The van der Waals surface area contributed by atoms with E-state index in [9.17, 15) is 4.79 Å². The molecule has 0 aromatic carbocycles. The second-order valence-corrected chi connectivity index (χ2v) is 5.67. The Morgan fingerprint density at radius 3 is 2.79 bits per heavy atom. The highest BCUT2D eigenvalue weighted by atomic mass is 79.9. The molecule has 19 heavy (non-hydrogen) atoms. The van der Waals surface area contributed by atoms with E-state index in [2.05, 4.69) is 26.2 Å². The highest BCUT2D eigenvalue weighted by Crippen LogP contribution is 2.30. The topological polar surface area (TPSA) is 77.2 Å². The Labute approximate surface area is 121 Å². The van der Waals surface area contributed by atoms with Crippen molar-refractivity contribution in [3.8, 4) is 0 Å². The predicted octanol–water partition coefficient (Wildman–Crippen LogP) is 1.85. The van der Waals surface area contributed by atoms with Gasteiger partial charge in [0.25, 0.3) is 0 Å². The van der Waals surface area contributed by atoms with Crippen LogP contribution in [0.3, 0.4) is 0 Å². The molecule has 2 rings (SSSR count). The Kier molecular flexibility index (Phi) is 4.54. The van der Waals surface area contributed by atoms with E-state index in [-0.39, 0.29) is 5.91 Å². The van der Waals surface area contributed by atoms with Gasteiger partial charge in [-0.2, -0.15) is 0 Å². The van der Waals surface area contributed by atoms with Crippen LogP contribution < -0.4 is 11.1 Å². The number of rotatable bonds is 3. The number of aryl methyl sites for hydroxylation is 1. The molecule has 0 radical (unpaired) electrons. The number of nitrogens with zero attached hydrogens (tertiary/aromatic N) is 1. The number of aromatic nitrogens is 1. The molecule has 1 amide bonds. The van der Waals surface area contributed by atoms with Crippen LogP contribution in [0.25, 0.3) is 0 Å². The smallest absolute Gasteiger partial charge is 0.233 e. The number of pyridine rings is 1. The zero-order chi connectivity index (χ0) is 13.9. The summed E-state index contributed by atoms with van der Waals surface area (Å²) in [4.78, 5) is 16.7. The van der Waals surface area contributed by atoms with Crippen molar-refractivity contribution < 1.29 is 9.53 Å². The van der Waals surface area contributed by atoms with Gasteiger partial charge in [-0.15, -0.1) is 0 Å². The molecule has 1 aromatic rings. The van der Waals surface area contributed by atoms with Crippen molar-refractivity contribution in [2.45, 2.75) is 19.8 Å². The quantitative estimate of drug-likeness (QED) is 0.888. The molecule has 1 aromatic heterocycles. The molecule has 0 spiro atoms. The second kappa shape index (κ2) is 5.98. The monoisotopic (exact) mass is 327 g/mol. The zero-order valence-electron chi connectivity index (χ0n) is 10.9. The number of hydrogen-bond donors (Lipinski definition) is 2. The van der Waals surface area contributed by atoms with E-state index in [1.54, 1.807) is 6.07 Å². The van der Waals surface area contributed by atoms with Crippen LogP contribution in [0.5, 0.6) is 0 Å². The van der Waals surface area contributed by atoms with Gasteiger partial charge in [0.2, 0.25) is 5.91 Å². The van der Waals surface area contributed by atoms with E-state index in [0.29, 0.717) is 38.4 Å². The third-order valence-electron chi connectivity index (χ3n) is 3.59. The summed E-state index contributed by atoms with van der Waals surface area (Å²) in [6.07, 6.45) is 1.32. The molecular formula is C13H18BrN3O2. The van der Waals surface area contributed by atoms with E-state index in [1.165, 1.54) is 0 Å². The van der Waals surface area contributed by atoms with Crippen LogP contribution in [-0.2, 0) is 9.53 Å². The molecule has 1 fully saturated rings. The van der Waals surface area contributed by atoms with Crippen LogP contribution in [-0.4, -0.2) is 30.6 Å². The number of halogens is 1. The van der Waals surface area contributed by atoms with Gasteiger partial charge in [-0.1, -0.05) is 0 Å². The normalized spacial score (nSPS) is 18.1. The number of carbonyl (C=O) groups is 1. The molecule has 3 N–H and O–H groups in total. The van der Waals surface area contributed by atoms with Crippen LogP contribution in [0.1, 0.15) is 18.5 Å². The lowest BCUT2D eigenvalue weighted by Crippen LogP contribution is -2.46. The fourth-order valence-electron chi connectivity index (χ4n) is 2.15. The van der Waals surface area contributed by atoms with Gasteiger partial charge in [0.05, 0.1) is 11.1 Å². The first-order valence-corrected chi connectivity index (χ1v) is 7.09. The number of nitrogens with one attached hydrogen (secondary N) is 1. The molecule has 1 aliphatic heterocycles. The molecule has 5 nitrogen and oxygen atoms in total. The van der Waals surface area contributed by atoms with Gasteiger partial charge in [0, 0.05) is 24.2 Å². The molecule has 0 saturated carbocycles. The molecule has 6 heteroatoms. The summed E-state index contributed by atoms with van der Waals surface area (Å²) in [5, 5.41) is 2.86. The van der Waals surface area contributed by atoms with Gasteiger partial charge in [0.1, 0.15) is 5.82 Å². The summed E-state index contributed by atoms with van der Waals surface area (Å²) >= 11 is 3.38. The van der Waals surface area contributed by atoms with Crippen molar-refractivity contribution in [3.63, 3.8) is 0 Å². The van der Waals surface area contributed by atoms with Crippen LogP contribution >= 0.6 is 15.9 Å². The van der Waals surface area contributed by atoms with E-state index in [0.717, 1.165) is 10.2 Å². The third-order valence-corrected chi connectivity index (χ3v) is 4.42. The summed E-state index contributed by atoms with van der Waals surface area (Å²) in [6.45, 7) is 3.37. The zero-order valence-corrected chi connectivity index (χ0v) is 12.5. The highest BCUT2D eigenvalue weighted by molar-refractivity contribution is 9.10. The predicted molar refractivity (Wildman–Crippen MR) is 76.8 cm³/mol. The first-order chi connectivity index (χ1) is 9.07. The molecule has 2 heterocycles. The lowest BCUT2D eigenvalue weighted by molar-refractivity contribution is -0.130. The fraction of sp³-hybridized carbons (Fsp3) is 0.538. The maximum absolute atomic E-state index is 12.4. The summed E-state index contributed by atoms with van der Waals surface area (Å²) in [6, 6.07) is 3.65. The van der Waals surface area contributed by atoms with E-state index >= 15 is 0 Å². The van der Waals surface area contributed by atoms with Gasteiger partial charge in [-0.05, 0) is 47.8 Å². The Morgan fingerprint density at radius 2 is 2.21 bits per heavy atom. The number of nitrogens with two attached hydrogens (primary N) is 1. The Bertz CT molecular complexity index is 473. The second-order valence-electron chi connectivity index (χ2n) is 4.81. The maximum atomic E-state index is 12.4. The lowest BCUT2D eigenvalue weighted by atomic mass is 9.79. The van der Waals surface area contributed by atoms with Gasteiger partial charge < -0.3 is 15.8 Å². The van der Waals surface area contributed by atoms with Crippen LogP contribution in [0.2, 0.25) is 0 Å². The SMILES string of the molecule is Cc1nc(NC(=O)C2(CN)CCOCC2)ccc1Br. The van der Waals surface area contributed by atoms with E-state index in [1.807, 2.05) is 13.0 Å². The summed E-state index contributed by atoms with van der Waals surface area (Å²) in [7, 11) is 0. The summed E-state index contributed by atoms with van der Waals surface area (Å²) < 4.78 is 6.23. The molecule has 0 bridgehead atoms. The Hall–Kier alpha value is -0.980. The van der Waals surface area contributed by atoms with Crippen LogP contribution in [0.15, 0.2) is 16.6 Å². The first-order valence-electron chi connectivity index (χ1n) is 6.30. The number of ether oxygens (including phenoxy) is 1.